The summed E-state index contributed by atoms with van der Waals surface area (Å²) in [5.74, 6) is -1.06. The van der Waals surface area contributed by atoms with Crippen LogP contribution in [-0.2, 0) is 4.79 Å². The van der Waals surface area contributed by atoms with Crippen LogP contribution >= 0.6 is 11.6 Å². The molecule has 0 radical (unpaired) electrons. The number of carbonyl (C=O) groups excluding carboxylic acids is 3. The Morgan fingerprint density at radius 3 is 2.22 bits per heavy atom. The van der Waals surface area contributed by atoms with Gasteiger partial charge in [0, 0.05) is 23.1 Å². The first kappa shape index (κ1) is 22.8. The SMILES string of the molecule is COc1cccc(/C=C/C(=O)c2ccc(Cl)cc2)c1OC(=O)c1ccccc1OC(C)=O. The van der Waals surface area contributed by atoms with Crippen molar-refractivity contribution < 1.29 is 28.6 Å². The maximum atomic E-state index is 12.9. The van der Waals surface area contributed by atoms with Crippen LogP contribution in [0.5, 0.6) is 17.2 Å². The maximum absolute atomic E-state index is 12.9. The van der Waals surface area contributed by atoms with E-state index >= 15 is 0 Å². The number of halogens is 1. The highest BCUT2D eigenvalue weighted by atomic mass is 35.5. The summed E-state index contributed by atoms with van der Waals surface area (Å²) in [6, 6.07) is 17.7. The van der Waals surface area contributed by atoms with Gasteiger partial charge >= 0.3 is 11.9 Å². The van der Waals surface area contributed by atoms with Crippen molar-refractivity contribution in [1.82, 2.24) is 0 Å². The monoisotopic (exact) mass is 450 g/mol. The molecule has 3 rings (SSSR count). The van der Waals surface area contributed by atoms with Crippen LogP contribution in [0.2, 0.25) is 5.02 Å². The zero-order chi connectivity index (χ0) is 23.1. The van der Waals surface area contributed by atoms with Crippen molar-refractivity contribution in [3.05, 3.63) is 94.5 Å². The first-order valence-corrected chi connectivity index (χ1v) is 9.91. The molecule has 0 fully saturated rings. The first-order valence-electron chi connectivity index (χ1n) is 9.53. The summed E-state index contributed by atoms with van der Waals surface area (Å²) < 4.78 is 16.0. The Balaban J connectivity index is 1.90. The summed E-state index contributed by atoms with van der Waals surface area (Å²) >= 11 is 5.86. The third-order valence-corrected chi connectivity index (χ3v) is 4.58. The molecule has 0 bridgehead atoms. The summed E-state index contributed by atoms with van der Waals surface area (Å²) in [6.07, 6.45) is 2.89. The number of benzene rings is 3. The lowest BCUT2D eigenvalue weighted by Gasteiger charge is -2.13. The van der Waals surface area contributed by atoms with Crippen molar-refractivity contribution in [3.8, 4) is 17.2 Å². The van der Waals surface area contributed by atoms with E-state index in [9.17, 15) is 14.4 Å². The minimum atomic E-state index is -0.745. The van der Waals surface area contributed by atoms with Crippen LogP contribution in [0.4, 0.5) is 0 Å². The Morgan fingerprint density at radius 2 is 1.53 bits per heavy atom. The van der Waals surface area contributed by atoms with E-state index in [0.29, 0.717) is 21.9 Å². The Kier molecular flexibility index (Phi) is 7.41. The number of para-hydroxylation sites is 2. The molecule has 0 aliphatic rings. The molecular formula is C25H19ClO6. The predicted molar refractivity (Wildman–Crippen MR) is 121 cm³/mol. The average molecular weight is 451 g/mol. The number of esters is 2. The van der Waals surface area contributed by atoms with E-state index in [-0.39, 0.29) is 22.8 Å². The van der Waals surface area contributed by atoms with Crippen LogP contribution < -0.4 is 14.2 Å². The zero-order valence-corrected chi connectivity index (χ0v) is 18.1. The molecule has 0 aromatic heterocycles. The van der Waals surface area contributed by atoms with Crippen LogP contribution in [0.1, 0.15) is 33.2 Å². The number of ketones is 1. The van der Waals surface area contributed by atoms with E-state index in [4.69, 9.17) is 25.8 Å². The third-order valence-electron chi connectivity index (χ3n) is 4.33. The third kappa shape index (κ3) is 5.62. The van der Waals surface area contributed by atoms with Gasteiger partial charge in [-0.1, -0.05) is 35.9 Å². The Bertz CT molecular complexity index is 1180. The van der Waals surface area contributed by atoms with Crippen molar-refractivity contribution in [3.63, 3.8) is 0 Å². The van der Waals surface area contributed by atoms with Gasteiger partial charge in [-0.05, 0) is 54.6 Å². The molecule has 0 aliphatic carbocycles. The van der Waals surface area contributed by atoms with Gasteiger partial charge in [0.25, 0.3) is 0 Å². The minimum absolute atomic E-state index is 0.0702. The number of hydrogen-bond acceptors (Lipinski definition) is 6. The molecule has 32 heavy (non-hydrogen) atoms. The summed E-state index contributed by atoms with van der Waals surface area (Å²) in [7, 11) is 1.44. The Morgan fingerprint density at radius 1 is 0.844 bits per heavy atom. The molecule has 0 aliphatic heterocycles. The van der Waals surface area contributed by atoms with E-state index in [1.807, 2.05) is 0 Å². The van der Waals surface area contributed by atoms with Gasteiger partial charge in [0.2, 0.25) is 0 Å². The number of ether oxygens (including phenoxy) is 3. The molecule has 0 atom stereocenters. The Labute approximate surface area is 190 Å². The second kappa shape index (κ2) is 10.4. The highest BCUT2D eigenvalue weighted by Crippen LogP contribution is 2.33. The van der Waals surface area contributed by atoms with E-state index in [2.05, 4.69) is 0 Å². The van der Waals surface area contributed by atoms with E-state index in [0.717, 1.165) is 0 Å². The van der Waals surface area contributed by atoms with Gasteiger partial charge in [0.05, 0.1) is 7.11 Å². The zero-order valence-electron chi connectivity index (χ0n) is 17.3. The minimum Gasteiger partial charge on any atom is -0.493 e. The molecule has 0 heterocycles. The topological polar surface area (TPSA) is 78.9 Å². The Hall–Kier alpha value is -3.90. The van der Waals surface area contributed by atoms with Crippen LogP contribution in [0.25, 0.3) is 6.08 Å². The summed E-state index contributed by atoms with van der Waals surface area (Å²) in [6.45, 7) is 1.24. The number of rotatable bonds is 7. The summed E-state index contributed by atoms with van der Waals surface area (Å²) in [5, 5.41) is 0.529. The van der Waals surface area contributed by atoms with E-state index < -0.39 is 11.9 Å². The van der Waals surface area contributed by atoms with E-state index in [1.54, 1.807) is 54.6 Å². The molecule has 7 heteroatoms. The van der Waals surface area contributed by atoms with Gasteiger partial charge < -0.3 is 14.2 Å². The van der Waals surface area contributed by atoms with Crippen LogP contribution in [-0.4, -0.2) is 24.8 Å². The number of hydrogen-bond donors (Lipinski definition) is 0. The fourth-order valence-corrected chi connectivity index (χ4v) is 2.96. The van der Waals surface area contributed by atoms with Crippen molar-refractivity contribution in [1.29, 1.82) is 0 Å². The number of methoxy groups -OCH3 is 1. The maximum Gasteiger partial charge on any atom is 0.347 e. The van der Waals surface area contributed by atoms with Gasteiger partial charge in [-0.25, -0.2) is 4.79 Å². The van der Waals surface area contributed by atoms with Crippen molar-refractivity contribution in [2.45, 2.75) is 6.92 Å². The summed E-state index contributed by atoms with van der Waals surface area (Å²) in [4.78, 5) is 36.7. The van der Waals surface area contributed by atoms with Gasteiger partial charge in [0.15, 0.2) is 17.3 Å². The van der Waals surface area contributed by atoms with Gasteiger partial charge in [-0.2, -0.15) is 0 Å². The molecule has 0 saturated heterocycles. The number of allylic oxidation sites excluding steroid dienone is 1. The van der Waals surface area contributed by atoms with Crippen LogP contribution in [0, 0.1) is 0 Å². The second-order valence-corrected chi connectivity index (χ2v) is 7.00. The largest absolute Gasteiger partial charge is 0.493 e. The van der Waals surface area contributed by atoms with Gasteiger partial charge in [-0.3, -0.25) is 9.59 Å². The highest BCUT2D eigenvalue weighted by molar-refractivity contribution is 6.30. The van der Waals surface area contributed by atoms with Gasteiger partial charge in [0.1, 0.15) is 11.3 Å². The molecule has 3 aromatic carbocycles. The van der Waals surface area contributed by atoms with E-state index in [1.165, 1.54) is 38.3 Å². The highest BCUT2D eigenvalue weighted by Gasteiger charge is 2.19. The molecule has 162 valence electrons. The lowest BCUT2D eigenvalue weighted by Crippen LogP contribution is -2.13. The lowest BCUT2D eigenvalue weighted by molar-refractivity contribution is -0.131. The first-order chi connectivity index (χ1) is 15.4. The standard InChI is InChI=1S/C25H19ClO6/c1-16(27)31-22-8-4-3-7-20(22)25(29)32-24-18(6-5-9-23(24)30-2)12-15-21(28)17-10-13-19(26)14-11-17/h3-15H,1-2H3/b15-12+. The van der Waals surface area contributed by atoms with Crippen molar-refractivity contribution in [2.75, 3.05) is 7.11 Å². The molecule has 0 unspecified atom stereocenters. The van der Waals surface area contributed by atoms with Gasteiger partial charge in [-0.15, -0.1) is 0 Å². The summed E-state index contributed by atoms with van der Waals surface area (Å²) in [5.41, 5.74) is 0.980. The molecular weight excluding hydrogens is 432 g/mol. The quantitative estimate of drug-likeness (QED) is 0.208. The normalized spacial score (nSPS) is 10.6. The average Bonchev–Trinajstić information content (AvgIpc) is 2.78. The smallest absolute Gasteiger partial charge is 0.347 e. The fraction of sp³-hybridized carbons (Fsp3) is 0.0800. The van der Waals surface area contributed by atoms with Crippen LogP contribution in [0.15, 0.2) is 72.8 Å². The molecule has 3 aromatic rings. The lowest BCUT2D eigenvalue weighted by atomic mass is 10.1. The molecule has 0 spiro atoms. The molecule has 0 amide bonds. The second-order valence-electron chi connectivity index (χ2n) is 6.56. The number of carbonyl (C=O) groups is 3. The van der Waals surface area contributed by atoms with Crippen LogP contribution in [0.3, 0.4) is 0 Å². The predicted octanol–water partition coefficient (Wildman–Crippen LogP) is 5.39. The fourth-order valence-electron chi connectivity index (χ4n) is 2.84. The molecule has 0 N–H and O–H groups in total. The molecule has 0 saturated carbocycles. The van der Waals surface area contributed by atoms with Crippen molar-refractivity contribution >= 4 is 35.4 Å². The molecule has 6 nitrogen and oxygen atoms in total. The van der Waals surface area contributed by atoms with Crippen molar-refractivity contribution in [2.24, 2.45) is 0 Å².